The van der Waals surface area contributed by atoms with Crippen LogP contribution in [0.4, 0.5) is 8.78 Å². The Labute approximate surface area is 116 Å². The van der Waals surface area contributed by atoms with E-state index in [1.807, 2.05) is 0 Å². The first-order valence-electron chi connectivity index (χ1n) is 6.73. The van der Waals surface area contributed by atoms with Crippen molar-refractivity contribution in [1.29, 1.82) is 5.26 Å². The summed E-state index contributed by atoms with van der Waals surface area (Å²) in [4.78, 5) is 11.6. The van der Waals surface area contributed by atoms with Crippen molar-refractivity contribution < 1.29 is 13.6 Å². The highest BCUT2D eigenvalue weighted by molar-refractivity contribution is 5.78. The van der Waals surface area contributed by atoms with E-state index in [0.29, 0.717) is 5.56 Å². The molecule has 1 fully saturated rings. The standard InChI is InChI=1S/C15H16F2N2O/c16-11-5-6-12(13(17)9-11)15(10-3-1-2-4-10)19-14(20)7-8-18/h5-6,9-10,15H,1-4,7H2,(H,19,20)/t15-/m1/s1. The van der Waals surface area contributed by atoms with Crippen molar-refractivity contribution >= 4 is 5.91 Å². The van der Waals surface area contributed by atoms with E-state index in [1.54, 1.807) is 6.07 Å². The van der Waals surface area contributed by atoms with Gasteiger partial charge in [0, 0.05) is 11.6 Å². The maximum absolute atomic E-state index is 13.9. The fourth-order valence-corrected chi connectivity index (χ4v) is 2.79. The first-order chi connectivity index (χ1) is 9.61. The number of rotatable bonds is 4. The molecule has 1 aliphatic carbocycles. The zero-order chi connectivity index (χ0) is 14.5. The van der Waals surface area contributed by atoms with Crippen molar-refractivity contribution in [3.05, 3.63) is 35.4 Å². The van der Waals surface area contributed by atoms with Crippen molar-refractivity contribution in [2.24, 2.45) is 5.92 Å². The Hall–Kier alpha value is -1.96. The molecule has 0 saturated heterocycles. The van der Waals surface area contributed by atoms with Crippen molar-refractivity contribution in [2.45, 2.75) is 38.1 Å². The van der Waals surface area contributed by atoms with E-state index in [2.05, 4.69) is 5.32 Å². The topological polar surface area (TPSA) is 52.9 Å². The zero-order valence-electron chi connectivity index (χ0n) is 11.0. The summed E-state index contributed by atoms with van der Waals surface area (Å²) < 4.78 is 26.9. The highest BCUT2D eigenvalue weighted by Crippen LogP contribution is 2.36. The number of nitriles is 1. The van der Waals surface area contributed by atoms with Gasteiger partial charge in [-0.3, -0.25) is 4.79 Å². The number of carbonyl (C=O) groups excluding carboxylic acids is 1. The van der Waals surface area contributed by atoms with Crippen LogP contribution in [0.3, 0.4) is 0 Å². The highest BCUT2D eigenvalue weighted by atomic mass is 19.1. The molecule has 1 amide bonds. The Balaban J connectivity index is 2.25. The highest BCUT2D eigenvalue weighted by Gasteiger charge is 2.29. The van der Waals surface area contributed by atoms with Crippen LogP contribution in [0.25, 0.3) is 0 Å². The monoisotopic (exact) mass is 278 g/mol. The van der Waals surface area contributed by atoms with E-state index in [1.165, 1.54) is 12.1 Å². The van der Waals surface area contributed by atoms with Crippen LogP contribution in [0.15, 0.2) is 18.2 Å². The van der Waals surface area contributed by atoms with Gasteiger partial charge in [0.1, 0.15) is 18.1 Å². The maximum Gasteiger partial charge on any atom is 0.234 e. The quantitative estimate of drug-likeness (QED) is 0.919. The molecular weight excluding hydrogens is 262 g/mol. The summed E-state index contributed by atoms with van der Waals surface area (Å²) >= 11 is 0. The van der Waals surface area contributed by atoms with Crippen LogP contribution in [-0.4, -0.2) is 5.91 Å². The van der Waals surface area contributed by atoms with E-state index in [4.69, 9.17) is 5.26 Å². The third-order valence-electron chi connectivity index (χ3n) is 3.72. The van der Waals surface area contributed by atoms with Gasteiger partial charge in [-0.1, -0.05) is 18.9 Å². The Morgan fingerprint density at radius 2 is 2.10 bits per heavy atom. The van der Waals surface area contributed by atoms with Crippen LogP contribution < -0.4 is 5.32 Å². The smallest absolute Gasteiger partial charge is 0.234 e. The third-order valence-corrected chi connectivity index (χ3v) is 3.72. The Morgan fingerprint density at radius 3 is 2.70 bits per heavy atom. The average Bonchev–Trinajstić information content (AvgIpc) is 2.90. The van der Waals surface area contributed by atoms with E-state index < -0.39 is 23.6 Å². The number of hydrogen-bond donors (Lipinski definition) is 1. The summed E-state index contributed by atoms with van der Waals surface area (Å²) in [6.07, 6.45) is 3.62. The minimum absolute atomic E-state index is 0.137. The Morgan fingerprint density at radius 1 is 1.40 bits per heavy atom. The van der Waals surface area contributed by atoms with Crippen molar-refractivity contribution in [1.82, 2.24) is 5.32 Å². The maximum atomic E-state index is 13.9. The molecule has 20 heavy (non-hydrogen) atoms. The number of amides is 1. The van der Waals surface area contributed by atoms with Crippen LogP contribution in [0.1, 0.15) is 43.7 Å². The van der Waals surface area contributed by atoms with Crippen molar-refractivity contribution in [3.8, 4) is 6.07 Å². The van der Waals surface area contributed by atoms with Crippen LogP contribution >= 0.6 is 0 Å². The van der Waals surface area contributed by atoms with Gasteiger partial charge < -0.3 is 5.32 Å². The number of halogens is 2. The minimum Gasteiger partial charge on any atom is -0.348 e. The van der Waals surface area contributed by atoms with Gasteiger partial charge in [0.05, 0.1) is 12.1 Å². The van der Waals surface area contributed by atoms with Gasteiger partial charge >= 0.3 is 0 Å². The summed E-state index contributed by atoms with van der Waals surface area (Å²) in [6, 6.07) is 4.68. The Kier molecular flexibility index (Phi) is 4.67. The van der Waals surface area contributed by atoms with Crippen LogP contribution in [0.5, 0.6) is 0 Å². The van der Waals surface area contributed by atoms with Crippen LogP contribution in [0.2, 0.25) is 0 Å². The van der Waals surface area contributed by atoms with Crippen molar-refractivity contribution in [3.63, 3.8) is 0 Å². The molecule has 1 aliphatic rings. The molecule has 2 rings (SSSR count). The third kappa shape index (κ3) is 3.32. The van der Waals surface area contributed by atoms with Gasteiger partial charge in [-0.25, -0.2) is 8.78 Å². The molecule has 0 aliphatic heterocycles. The molecule has 0 bridgehead atoms. The summed E-state index contributed by atoms with van der Waals surface area (Å²) in [5, 5.41) is 11.3. The average molecular weight is 278 g/mol. The second-order valence-electron chi connectivity index (χ2n) is 5.09. The lowest BCUT2D eigenvalue weighted by molar-refractivity contribution is -0.121. The molecule has 1 atom stereocenters. The molecule has 0 heterocycles. The predicted octanol–water partition coefficient (Wildman–Crippen LogP) is 3.23. The number of nitrogens with one attached hydrogen (secondary N) is 1. The van der Waals surface area contributed by atoms with Gasteiger partial charge in [-0.15, -0.1) is 0 Å². The fraction of sp³-hybridized carbons (Fsp3) is 0.467. The van der Waals surface area contributed by atoms with E-state index in [9.17, 15) is 13.6 Å². The predicted molar refractivity (Wildman–Crippen MR) is 69.4 cm³/mol. The van der Waals surface area contributed by atoms with E-state index in [-0.39, 0.29) is 12.3 Å². The largest absolute Gasteiger partial charge is 0.348 e. The molecule has 3 nitrogen and oxygen atoms in total. The number of carbonyl (C=O) groups is 1. The molecular formula is C15H16F2N2O. The molecule has 106 valence electrons. The minimum atomic E-state index is -0.654. The van der Waals surface area contributed by atoms with Gasteiger partial charge in [-0.05, 0) is 24.8 Å². The van der Waals surface area contributed by atoms with Crippen LogP contribution in [0, 0.1) is 28.9 Å². The van der Waals surface area contributed by atoms with Gasteiger partial charge in [0.15, 0.2) is 0 Å². The number of hydrogen-bond acceptors (Lipinski definition) is 2. The van der Waals surface area contributed by atoms with E-state index in [0.717, 1.165) is 31.7 Å². The number of benzene rings is 1. The van der Waals surface area contributed by atoms with Gasteiger partial charge in [0.2, 0.25) is 5.91 Å². The second kappa shape index (κ2) is 6.47. The molecule has 0 radical (unpaired) electrons. The molecule has 1 aromatic rings. The lowest BCUT2D eigenvalue weighted by Gasteiger charge is -2.25. The normalized spacial score (nSPS) is 16.6. The molecule has 1 aromatic carbocycles. The Bertz CT molecular complexity index is 533. The molecule has 0 aromatic heterocycles. The lowest BCUT2D eigenvalue weighted by atomic mass is 9.91. The summed E-state index contributed by atoms with van der Waals surface area (Å²) in [5.74, 6) is -1.58. The summed E-state index contributed by atoms with van der Waals surface area (Å²) in [6.45, 7) is 0. The van der Waals surface area contributed by atoms with Gasteiger partial charge in [-0.2, -0.15) is 5.26 Å². The molecule has 0 unspecified atom stereocenters. The van der Waals surface area contributed by atoms with Crippen molar-refractivity contribution in [2.75, 3.05) is 0 Å². The van der Waals surface area contributed by atoms with Gasteiger partial charge in [0.25, 0.3) is 0 Å². The first-order valence-corrected chi connectivity index (χ1v) is 6.73. The lowest BCUT2D eigenvalue weighted by Crippen LogP contribution is -2.33. The summed E-state index contributed by atoms with van der Waals surface area (Å²) in [7, 11) is 0. The van der Waals surface area contributed by atoms with E-state index >= 15 is 0 Å². The zero-order valence-corrected chi connectivity index (χ0v) is 11.0. The summed E-state index contributed by atoms with van der Waals surface area (Å²) in [5.41, 5.74) is 0.296. The fourth-order valence-electron chi connectivity index (χ4n) is 2.79. The number of nitrogens with zero attached hydrogens (tertiary/aromatic N) is 1. The molecule has 1 N–H and O–H groups in total. The molecule has 1 saturated carbocycles. The first kappa shape index (κ1) is 14.4. The molecule has 5 heteroatoms. The molecule has 0 spiro atoms. The SMILES string of the molecule is N#CCC(=O)N[C@@H](c1ccc(F)cc1F)C1CCCC1. The van der Waals surface area contributed by atoms with Crippen LogP contribution in [-0.2, 0) is 4.79 Å². The second-order valence-corrected chi connectivity index (χ2v) is 5.09.